The van der Waals surface area contributed by atoms with Gasteiger partial charge in [-0.05, 0) is 39.8 Å². The van der Waals surface area contributed by atoms with Crippen LogP contribution < -0.4 is 10.6 Å². The van der Waals surface area contributed by atoms with E-state index in [9.17, 15) is 0 Å². The van der Waals surface area contributed by atoms with Crippen LogP contribution in [0.4, 0.5) is 0 Å². The highest BCUT2D eigenvalue weighted by Gasteiger charge is 2.18. The Kier molecular flexibility index (Phi) is 4.22. The average molecular weight is 183 g/mol. The summed E-state index contributed by atoms with van der Waals surface area (Å²) in [5.41, 5.74) is 0. The van der Waals surface area contributed by atoms with Crippen molar-refractivity contribution in [3.8, 4) is 0 Å². The maximum atomic E-state index is 4.33. The standard InChI is InChI=1S/C10H21N3/c1-8(2)13-10(11-3)9-4-6-12-7-5-9/h8-9,12H,4-7H2,1-3H3,(H,11,13). The van der Waals surface area contributed by atoms with Crippen LogP contribution in [0.3, 0.4) is 0 Å². The predicted molar refractivity (Wildman–Crippen MR) is 57.2 cm³/mol. The van der Waals surface area contributed by atoms with Gasteiger partial charge in [0.25, 0.3) is 0 Å². The normalized spacial score (nSPS) is 20.8. The molecular formula is C10H21N3. The van der Waals surface area contributed by atoms with Gasteiger partial charge < -0.3 is 10.6 Å². The van der Waals surface area contributed by atoms with E-state index in [1.54, 1.807) is 0 Å². The lowest BCUT2D eigenvalue weighted by Gasteiger charge is -2.26. The summed E-state index contributed by atoms with van der Waals surface area (Å²) in [6, 6.07) is 0.494. The Balaban J connectivity index is 2.45. The van der Waals surface area contributed by atoms with Gasteiger partial charge in [-0.25, -0.2) is 0 Å². The third-order valence-electron chi connectivity index (χ3n) is 2.40. The molecule has 0 spiro atoms. The Hall–Kier alpha value is -0.570. The van der Waals surface area contributed by atoms with E-state index in [-0.39, 0.29) is 0 Å². The first-order valence-corrected chi connectivity index (χ1v) is 5.18. The zero-order valence-corrected chi connectivity index (χ0v) is 8.93. The molecule has 3 heteroatoms. The zero-order valence-electron chi connectivity index (χ0n) is 8.93. The third kappa shape index (κ3) is 3.35. The average Bonchev–Trinajstić information content (AvgIpc) is 2.15. The SMILES string of the molecule is C/N=C(\NC(C)C)C1CCNCC1. The van der Waals surface area contributed by atoms with Crippen molar-refractivity contribution in [3.05, 3.63) is 0 Å². The lowest BCUT2D eigenvalue weighted by atomic mass is 9.96. The van der Waals surface area contributed by atoms with Gasteiger partial charge in [0.05, 0.1) is 5.84 Å². The Labute approximate surface area is 81.0 Å². The van der Waals surface area contributed by atoms with E-state index in [4.69, 9.17) is 0 Å². The Morgan fingerprint density at radius 2 is 2.00 bits per heavy atom. The van der Waals surface area contributed by atoms with Crippen molar-refractivity contribution in [1.82, 2.24) is 10.6 Å². The highest BCUT2D eigenvalue weighted by Crippen LogP contribution is 2.12. The second kappa shape index (κ2) is 5.22. The van der Waals surface area contributed by atoms with Crippen LogP contribution in [-0.2, 0) is 0 Å². The lowest BCUT2D eigenvalue weighted by Crippen LogP contribution is -2.40. The van der Waals surface area contributed by atoms with Gasteiger partial charge in [0.2, 0.25) is 0 Å². The molecule has 0 unspecified atom stereocenters. The summed E-state index contributed by atoms with van der Waals surface area (Å²) in [7, 11) is 1.88. The van der Waals surface area contributed by atoms with E-state index >= 15 is 0 Å². The van der Waals surface area contributed by atoms with Gasteiger partial charge in [0.15, 0.2) is 0 Å². The molecule has 76 valence electrons. The quantitative estimate of drug-likeness (QED) is 0.495. The third-order valence-corrected chi connectivity index (χ3v) is 2.40. The number of nitrogens with one attached hydrogen (secondary N) is 2. The molecule has 1 aliphatic rings. The first kappa shape index (κ1) is 10.5. The van der Waals surface area contributed by atoms with Crippen molar-refractivity contribution in [2.75, 3.05) is 20.1 Å². The first-order valence-electron chi connectivity index (χ1n) is 5.18. The van der Waals surface area contributed by atoms with Crippen molar-refractivity contribution in [1.29, 1.82) is 0 Å². The van der Waals surface area contributed by atoms with Gasteiger partial charge in [-0.15, -0.1) is 0 Å². The van der Waals surface area contributed by atoms with E-state index in [1.807, 2.05) is 7.05 Å². The summed E-state index contributed by atoms with van der Waals surface area (Å²) in [6.45, 7) is 6.57. The Bertz CT molecular complexity index is 169. The molecule has 1 saturated heterocycles. The molecular weight excluding hydrogens is 162 g/mol. The molecule has 0 radical (unpaired) electrons. The molecule has 0 atom stereocenters. The number of rotatable bonds is 2. The molecule has 1 aliphatic heterocycles. The van der Waals surface area contributed by atoms with Crippen LogP contribution in [0.2, 0.25) is 0 Å². The summed E-state index contributed by atoms with van der Waals surface area (Å²) < 4.78 is 0. The van der Waals surface area contributed by atoms with Crippen molar-refractivity contribution in [2.24, 2.45) is 10.9 Å². The highest BCUT2D eigenvalue weighted by molar-refractivity contribution is 5.84. The summed E-state index contributed by atoms with van der Waals surface area (Å²) >= 11 is 0. The van der Waals surface area contributed by atoms with Crippen LogP contribution in [0, 0.1) is 5.92 Å². The van der Waals surface area contributed by atoms with Crippen molar-refractivity contribution < 1.29 is 0 Å². The molecule has 0 aromatic rings. The van der Waals surface area contributed by atoms with Crippen LogP contribution in [0.1, 0.15) is 26.7 Å². The Morgan fingerprint density at radius 1 is 1.38 bits per heavy atom. The second-order valence-corrected chi connectivity index (χ2v) is 3.93. The summed E-state index contributed by atoms with van der Waals surface area (Å²) in [6.07, 6.45) is 2.43. The largest absolute Gasteiger partial charge is 0.371 e. The van der Waals surface area contributed by atoms with Crippen molar-refractivity contribution in [3.63, 3.8) is 0 Å². The van der Waals surface area contributed by atoms with E-state index < -0.39 is 0 Å². The zero-order chi connectivity index (χ0) is 9.68. The molecule has 0 amide bonds. The molecule has 1 fully saturated rings. The van der Waals surface area contributed by atoms with Crippen LogP contribution in [0.5, 0.6) is 0 Å². The van der Waals surface area contributed by atoms with E-state index in [2.05, 4.69) is 29.5 Å². The summed E-state index contributed by atoms with van der Waals surface area (Å²) in [5, 5.41) is 6.79. The summed E-state index contributed by atoms with van der Waals surface area (Å²) in [4.78, 5) is 4.33. The number of hydrogen-bond donors (Lipinski definition) is 2. The monoisotopic (exact) mass is 183 g/mol. The van der Waals surface area contributed by atoms with E-state index in [0.717, 1.165) is 13.1 Å². The van der Waals surface area contributed by atoms with E-state index in [0.29, 0.717) is 12.0 Å². The van der Waals surface area contributed by atoms with Gasteiger partial charge in [-0.1, -0.05) is 0 Å². The Morgan fingerprint density at radius 3 is 2.46 bits per heavy atom. The molecule has 0 bridgehead atoms. The fourth-order valence-electron chi connectivity index (χ4n) is 1.76. The van der Waals surface area contributed by atoms with Crippen molar-refractivity contribution in [2.45, 2.75) is 32.7 Å². The molecule has 3 nitrogen and oxygen atoms in total. The summed E-state index contributed by atoms with van der Waals surface area (Å²) in [5.74, 6) is 1.84. The van der Waals surface area contributed by atoms with Crippen LogP contribution in [0.15, 0.2) is 4.99 Å². The van der Waals surface area contributed by atoms with E-state index in [1.165, 1.54) is 18.7 Å². The molecule has 1 heterocycles. The van der Waals surface area contributed by atoms with Gasteiger partial charge in [-0.3, -0.25) is 4.99 Å². The minimum Gasteiger partial charge on any atom is -0.371 e. The fraction of sp³-hybridized carbons (Fsp3) is 0.900. The molecule has 2 N–H and O–H groups in total. The topological polar surface area (TPSA) is 36.4 Å². The van der Waals surface area contributed by atoms with Gasteiger partial charge in [-0.2, -0.15) is 0 Å². The number of hydrogen-bond acceptors (Lipinski definition) is 2. The smallest absolute Gasteiger partial charge is 0.0993 e. The molecule has 0 aromatic carbocycles. The van der Waals surface area contributed by atoms with Crippen LogP contribution in [0.25, 0.3) is 0 Å². The maximum absolute atomic E-state index is 4.33. The molecule has 1 rings (SSSR count). The van der Waals surface area contributed by atoms with Gasteiger partial charge >= 0.3 is 0 Å². The van der Waals surface area contributed by atoms with Crippen LogP contribution in [-0.4, -0.2) is 32.0 Å². The first-order chi connectivity index (χ1) is 6.24. The lowest BCUT2D eigenvalue weighted by molar-refractivity contribution is 0.445. The minimum atomic E-state index is 0.494. The number of piperidine rings is 1. The molecule has 0 aromatic heterocycles. The number of amidine groups is 1. The fourth-order valence-corrected chi connectivity index (χ4v) is 1.76. The minimum absolute atomic E-state index is 0.494. The second-order valence-electron chi connectivity index (χ2n) is 3.93. The maximum Gasteiger partial charge on any atom is 0.0993 e. The predicted octanol–water partition coefficient (Wildman–Crippen LogP) is 1.01. The van der Waals surface area contributed by atoms with Gasteiger partial charge in [0.1, 0.15) is 0 Å². The van der Waals surface area contributed by atoms with Crippen LogP contribution >= 0.6 is 0 Å². The van der Waals surface area contributed by atoms with Crippen molar-refractivity contribution >= 4 is 5.84 Å². The highest BCUT2D eigenvalue weighted by atomic mass is 15.0. The number of aliphatic imine (C=N–C) groups is 1. The molecule has 0 aliphatic carbocycles. The number of nitrogens with zero attached hydrogens (tertiary/aromatic N) is 1. The molecule has 0 saturated carbocycles. The van der Waals surface area contributed by atoms with Gasteiger partial charge in [0, 0.05) is 19.0 Å². The molecule has 13 heavy (non-hydrogen) atoms.